The Morgan fingerprint density at radius 3 is 2.91 bits per heavy atom. The van der Waals surface area contributed by atoms with Gasteiger partial charge in [0.2, 0.25) is 16.2 Å². The van der Waals surface area contributed by atoms with E-state index >= 15 is 0 Å². The van der Waals surface area contributed by atoms with Gasteiger partial charge in [-0.2, -0.15) is 0 Å². The molecule has 0 spiro atoms. The van der Waals surface area contributed by atoms with E-state index in [9.17, 15) is 4.79 Å². The molecule has 22 heavy (non-hydrogen) atoms. The number of aryl methyl sites for hydroxylation is 1. The number of hydrogen-bond donors (Lipinski definition) is 2. The minimum absolute atomic E-state index is 0.128. The second-order valence-electron chi connectivity index (χ2n) is 5.11. The van der Waals surface area contributed by atoms with Gasteiger partial charge in [-0.05, 0) is 6.42 Å². The fraction of sp³-hybridized carbons (Fsp3) is 0.615. The predicted molar refractivity (Wildman–Crippen MR) is 88.3 cm³/mol. The van der Waals surface area contributed by atoms with Crippen molar-refractivity contribution in [3.63, 3.8) is 0 Å². The SMILES string of the molecule is CCCCc1nc(SCC(=O)Nc2nnc(C(C)C)s2)n[nH]1. The van der Waals surface area contributed by atoms with Gasteiger partial charge in [0.15, 0.2) is 0 Å². The van der Waals surface area contributed by atoms with Gasteiger partial charge < -0.3 is 0 Å². The fourth-order valence-electron chi connectivity index (χ4n) is 1.60. The second kappa shape index (κ2) is 8.23. The summed E-state index contributed by atoms with van der Waals surface area (Å²) in [5, 5.41) is 19.8. The number of nitrogens with one attached hydrogen (secondary N) is 2. The number of amides is 1. The van der Waals surface area contributed by atoms with Crippen LogP contribution in [-0.2, 0) is 11.2 Å². The number of thioether (sulfide) groups is 1. The van der Waals surface area contributed by atoms with E-state index in [2.05, 4.69) is 37.6 Å². The molecule has 0 radical (unpaired) electrons. The third kappa shape index (κ3) is 5.06. The van der Waals surface area contributed by atoms with Gasteiger partial charge in [-0.3, -0.25) is 15.2 Å². The number of aromatic amines is 1. The van der Waals surface area contributed by atoms with Crippen molar-refractivity contribution < 1.29 is 4.79 Å². The summed E-state index contributed by atoms with van der Waals surface area (Å²) in [6, 6.07) is 0. The first-order valence-corrected chi connectivity index (χ1v) is 9.06. The molecule has 2 heterocycles. The molecule has 0 aromatic carbocycles. The summed E-state index contributed by atoms with van der Waals surface area (Å²) >= 11 is 2.71. The van der Waals surface area contributed by atoms with E-state index in [0.717, 1.165) is 30.1 Å². The van der Waals surface area contributed by atoms with Gasteiger partial charge in [0.05, 0.1) is 5.75 Å². The van der Waals surface area contributed by atoms with Gasteiger partial charge in [0.25, 0.3) is 0 Å². The molecule has 2 aromatic heterocycles. The summed E-state index contributed by atoms with van der Waals surface area (Å²) in [6.45, 7) is 6.22. The highest BCUT2D eigenvalue weighted by Gasteiger charge is 2.12. The van der Waals surface area contributed by atoms with Crippen LogP contribution < -0.4 is 5.32 Å². The maximum Gasteiger partial charge on any atom is 0.236 e. The summed E-state index contributed by atoms with van der Waals surface area (Å²) < 4.78 is 0. The number of anilines is 1. The fourth-order valence-corrected chi connectivity index (χ4v) is 2.98. The van der Waals surface area contributed by atoms with Crippen LogP contribution in [0.25, 0.3) is 0 Å². The van der Waals surface area contributed by atoms with Crippen molar-refractivity contribution in [2.24, 2.45) is 0 Å². The van der Waals surface area contributed by atoms with Crippen LogP contribution >= 0.6 is 23.1 Å². The van der Waals surface area contributed by atoms with Crippen LogP contribution in [-0.4, -0.2) is 37.0 Å². The monoisotopic (exact) mass is 340 g/mol. The number of hydrogen-bond acceptors (Lipinski definition) is 7. The minimum atomic E-state index is -0.128. The number of rotatable bonds is 8. The zero-order valence-corrected chi connectivity index (χ0v) is 14.6. The first kappa shape index (κ1) is 16.9. The molecule has 7 nitrogen and oxygen atoms in total. The molecule has 2 aromatic rings. The summed E-state index contributed by atoms with van der Waals surface area (Å²) in [5.74, 6) is 1.31. The van der Waals surface area contributed by atoms with E-state index in [1.165, 1.54) is 23.1 Å². The van der Waals surface area contributed by atoms with Gasteiger partial charge in [-0.1, -0.05) is 50.3 Å². The Morgan fingerprint density at radius 2 is 2.23 bits per heavy atom. The molecular formula is C13H20N6OS2. The standard InChI is InChI=1S/C13H20N6OS2/c1-4-5-6-9-14-12(18-16-9)21-7-10(20)15-13-19-17-11(22-13)8(2)3/h8H,4-7H2,1-3H3,(H,14,16,18)(H,15,19,20). The zero-order valence-electron chi connectivity index (χ0n) is 12.9. The molecule has 9 heteroatoms. The molecule has 2 N–H and O–H groups in total. The van der Waals surface area contributed by atoms with E-state index in [0.29, 0.717) is 16.2 Å². The summed E-state index contributed by atoms with van der Waals surface area (Å²) in [4.78, 5) is 16.2. The van der Waals surface area contributed by atoms with E-state index in [1.807, 2.05) is 13.8 Å². The highest BCUT2D eigenvalue weighted by atomic mass is 32.2. The lowest BCUT2D eigenvalue weighted by atomic mass is 10.2. The third-order valence-corrected chi connectivity index (χ3v) is 4.78. The van der Waals surface area contributed by atoms with Crippen LogP contribution in [0.3, 0.4) is 0 Å². The summed E-state index contributed by atoms with van der Waals surface area (Å²) in [5.41, 5.74) is 0. The maximum absolute atomic E-state index is 11.9. The lowest BCUT2D eigenvalue weighted by Crippen LogP contribution is -2.13. The van der Waals surface area contributed by atoms with Crippen LogP contribution in [0.1, 0.15) is 50.4 Å². The second-order valence-corrected chi connectivity index (χ2v) is 7.06. The lowest BCUT2D eigenvalue weighted by molar-refractivity contribution is -0.113. The molecule has 0 fully saturated rings. The minimum Gasteiger partial charge on any atom is -0.300 e. The molecule has 0 aliphatic carbocycles. The highest BCUT2D eigenvalue weighted by molar-refractivity contribution is 7.99. The Morgan fingerprint density at radius 1 is 1.41 bits per heavy atom. The van der Waals surface area contributed by atoms with Gasteiger partial charge >= 0.3 is 0 Å². The number of carbonyl (C=O) groups is 1. The zero-order chi connectivity index (χ0) is 15.9. The van der Waals surface area contributed by atoms with Crippen molar-refractivity contribution in [3.8, 4) is 0 Å². The van der Waals surface area contributed by atoms with E-state index in [4.69, 9.17) is 0 Å². The molecule has 2 rings (SSSR count). The molecule has 0 aliphatic rings. The first-order chi connectivity index (χ1) is 10.6. The quantitative estimate of drug-likeness (QED) is 0.717. The van der Waals surface area contributed by atoms with Gasteiger partial charge in [-0.25, -0.2) is 4.98 Å². The van der Waals surface area contributed by atoms with Crippen LogP contribution in [0.4, 0.5) is 5.13 Å². The maximum atomic E-state index is 11.9. The van der Waals surface area contributed by atoms with E-state index in [1.54, 1.807) is 0 Å². The van der Waals surface area contributed by atoms with Crippen molar-refractivity contribution in [2.45, 2.75) is 51.1 Å². The van der Waals surface area contributed by atoms with Crippen LogP contribution in [0.2, 0.25) is 0 Å². The predicted octanol–water partition coefficient (Wildman–Crippen LogP) is 2.85. The van der Waals surface area contributed by atoms with Crippen LogP contribution in [0.5, 0.6) is 0 Å². The summed E-state index contributed by atoms with van der Waals surface area (Å²) in [6.07, 6.45) is 3.08. The van der Waals surface area contributed by atoms with Gasteiger partial charge in [0, 0.05) is 12.3 Å². The average molecular weight is 340 g/mol. The number of aromatic nitrogens is 5. The third-order valence-electron chi connectivity index (χ3n) is 2.79. The Bertz CT molecular complexity index is 609. The van der Waals surface area contributed by atoms with Crippen molar-refractivity contribution in [2.75, 3.05) is 11.1 Å². The van der Waals surface area contributed by atoms with Crippen molar-refractivity contribution in [1.82, 2.24) is 25.4 Å². The average Bonchev–Trinajstić information content (AvgIpc) is 3.12. The van der Waals surface area contributed by atoms with Crippen molar-refractivity contribution in [3.05, 3.63) is 10.8 Å². The molecule has 0 unspecified atom stereocenters. The molecule has 0 saturated heterocycles. The number of H-pyrrole nitrogens is 1. The number of unbranched alkanes of at least 4 members (excludes halogenated alkanes) is 1. The van der Waals surface area contributed by atoms with Crippen LogP contribution in [0.15, 0.2) is 5.16 Å². The lowest BCUT2D eigenvalue weighted by Gasteiger charge is -1.98. The largest absolute Gasteiger partial charge is 0.300 e. The molecule has 0 bridgehead atoms. The molecular weight excluding hydrogens is 320 g/mol. The highest BCUT2D eigenvalue weighted by Crippen LogP contribution is 2.22. The Kier molecular flexibility index (Phi) is 6.32. The van der Waals surface area contributed by atoms with Gasteiger partial charge in [-0.15, -0.1) is 15.3 Å². The molecule has 1 amide bonds. The normalized spacial score (nSPS) is 11.1. The Balaban J connectivity index is 1.78. The van der Waals surface area contributed by atoms with Crippen molar-refractivity contribution in [1.29, 1.82) is 0 Å². The van der Waals surface area contributed by atoms with Crippen molar-refractivity contribution >= 4 is 34.1 Å². The molecule has 120 valence electrons. The molecule has 0 atom stereocenters. The summed E-state index contributed by atoms with van der Waals surface area (Å²) in [7, 11) is 0. The number of carbonyl (C=O) groups excluding carboxylic acids is 1. The Labute approximate surface area is 137 Å². The first-order valence-electron chi connectivity index (χ1n) is 7.25. The van der Waals surface area contributed by atoms with Gasteiger partial charge in [0.1, 0.15) is 10.8 Å². The Hall–Kier alpha value is -1.48. The number of nitrogens with zero attached hydrogens (tertiary/aromatic N) is 4. The molecule has 0 aliphatic heterocycles. The molecule has 0 saturated carbocycles. The topological polar surface area (TPSA) is 96.5 Å². The van der Waals surface area contributed by atoms with Crippen LogP contribution in [0, 0.1) is 0 Å². The van der Waals surface area contributed by atoms with E-state index < -0.39 is 0 Å². The van der Waals surface area contributed by atoms with E-state index in [-0.39, 0.29) is 11.7 Å². The smallest absolute Gasteiger partial charge is 0.236 e.